The Morgan fingerprint density at radius 2 is 1.88 bits per heavy atom. The first kappa shape index (κ1) is 17.2. The Labute approximate surface area is 148 Å². The minimum atomic E-state index is -0.537. The van der Waals surface area contributed by atoms with Gasteiger partial charge in [-0.1, -0.05) is 12.1 Å². The predicted octanol–water partition coefficient (Wildman–Crippen LogP) is 3.18. The quantitative estimate of drug-likeness (QED) is 0.382. The first-order chi connectivity index (χ1) is 12.5. The van der Waals surface area contributed by atoms with Crippen molar-refractivity contribution in [3.63, 3.8) is 0 Å². The smallest absolute Gasteiger partial charge is 0.276 e. The molecule has 0 aromatic heterocycles. The molecule has 1 heterocycles. The highest BCUT2D eigenvalue weighted by molar-refractivity contribution is 6.08. The van der Waals surface area contributed by atoms with E-state index in [4.69, 9.17) is 9.47 Å². The highest BCUT2D eigenvalue weighted by Crippen LogP contribution is 2.37. The number of hydrogen-bond donors (Lipinski definition) is 1. The number of Topliss-reactive ketones (excluding diaryl/α,β-unsaturated/α-hetero) is 1. The Hall–Kier alpha value is -3.68. The van der Waals surface area contributed by atoms with Gasteiger partial charge in [0.15, 0.2) is 17.3 Å². The van der Waals surface area contributed by atoms with E-state index >= 15 is 0 Å². The number of ketones is 1. The number of nitro groups is 1. The van der Waals surface area contributed by atoms with Gasteiger partial charge in [0.05, 0.1) is 16.2 Å². The molecule has 0 radical (unpaired) electrons. The average molecular weight is 354 g/mol. The van der Waals surface area contributed by atoms with E-state index < -0.39 is 10.8 Å². The van der Waals surface area contributed by atoms with E-state index in [9.17, 15) is 19.7 Å². The van der Waals surface area contributed by atoms with Gasteiger partial charge in [-0.2, -0.15) is 0 Å². The fourth-order valence-corrected chi connectivity index (χ4v) is 2.47. The summed E-state index contributed by atoms with van der Waals surface area (Å²) in [5.74, 6) is 0.0717. The monoisotopic (exact) mass is 354 g/mol. The van der Waals surface area contributed by atoms with E-state index in [0.29, 0.717) is 17.1 Å². The molecule has 132 valence electrons. The zero-order valence-electron chi connectivity index (χ0n) is 13.7. The van der Waals surface area contributed by atoms with E-state index in [1.165, 1.54) is 37.3 Å². The molecule has 1 aliphatic heterocycles. The molecule has 3 rings (SSSR count). The van der Waals surface area contributed by atoms with Gasteiger partial charge in [-0.3, -0.25) is 19.7 Å². The van der Waals surface area contributed by atoms with Crippen LogP contribution in [-0.4, -0.2) is 23.4 Å². The lowest BCUT2D eigenvalue weighted by atomic mass is 10.1. The fourth-order valence-electron chi connectivity index (χ4n) is 2.47. The lowest BCUT2D eigenvalue weighted by Gasteiger charge is -2.09. The molecular weight excluding hydrogens is 340 g/mol. The van der Waals surface area contributed by atoms with Crippen molar-refractivity contribution in [3.05, 3.63) is 63.7 Å². The first-order valence-corrected chi connectivity index (χ1v) is 7.63. The number of carbonyl (C=O) groups is 2. The summed E-state index contributed by atoms with van der Waals surface area (Å²) >= 11 is 0. The summed E-state index contributed by atoms with van der Waals surface area (Å²) in [5, 5.41) is 13.6. The summed E-state index contributed by atoms with van der Waals surface area (Å²) < 4.78 is 10.5. The standard InChI is InChI=1S/C18H14N2O6/c1-11(21)13-8-16-17(26-10-25-16)9-14(13)19-18(22)7-6-12-4-2-3-5-15(12)20(23)24/h2-9H,10H2,1H3,(H,19,22)/b7-6+. The summed E-state index contributed by atoms with van der Waals surface area (Å²) in [6, 6.07) is 9.08. The van der Waals surface area contributed by atoms with Gasteiger partial charge >= 0.3 is 0 Å². The van der Waals surface area contributed by atoms with Crippen LogP contribution in [0.25, 0.3) is 6.08 Å². The Morgan fingerprint density at radius 1 is 1.19 bits per heavy atom. The number of nitrogens with zero attached hydrogens (tertiary/aromatic N) is 1. The second kappa shape index (κ2) is 7.06. The number of para-hydroxylation sites is 1. The molecule has 1 amide bonds. The summed E-state index contributed by atoms with van der Waals surface area (Å²) in [6.07, 6.45) is 2.50. The maximum atomic E-state index is 12.2. The second-order valence-corrected chi connectivity index (χ2v) is 5.45. The summed E-state index contributed by atoms with van der Waals surface area (Å²) in [4.78, 5) is 34.5. The fraction of sp³-hybridized carbons (Fsp3) is 0.111. The number of hydrogen-bond acceptors (Lipinski definition) is 6. The Kier molecular flexibility index (Phi) is 4.66. The number of benzene rings is 2. The highest BCUT2D eigenvalue weighted by Gasteiger charge is 2.20. The normalized spacial score (nSPS) is 12.2. The number of fused-ring (bicyclic) bond motifs is 1. The van der Waals surface area contributed by atoms with Crippen molar-refractivity contribution in [2.75, 3.05) is 12.1 Å². The van der Waals surface area contributed by atoms with E-state index in [1.54, 1.807) is 12.1 Å². The number of anilines is 1. The van der Waals surface area contributed by atoms with Crippen LogP contribution in [0.2, 0.25) is 0 Å². The van der Waals surface area contributed by atoms with Gasteiger partial charge in [-0.25, -0.2) is 0 Å². The lowest BCUT2D eigenvalue weighted by molar-refractivity contribution is -0.385. The van der Waals surface area contributed by atoms with Crippen LogP contribution < -0.4 is 14.8 Å². The Bertz CT molecular complexity index is 935. The topological polar surface area (TPSA) is 108 Å². The molecule has 0 unspecified atom stereocenters. The van der Waals surface area contributed by atoms with Crippen LogP contribution in [0.4, 0.5) is 11.4 Å². The number of amides is 1. The van der Waals surface area contributed by atoms with Gasteiger partial charge in [0.25, 0.3) is 5.69 Å². The van der Waals surface area contributed by atoms with Crippen molar-refractivity contribution in [2.45, 2.75) is 6.92 Å². The van der Waals surface area contributed by atoms with Gasteiger partial charge in [0, 0.05) is 23.8 Å². The molecule has 1 N–H and O–H groups in total. The van der Waals surface area contributed by atoms with Crippen molar-refractivity contribution in [3.8, 4) is 11.5 Å². The third-order valence-electron chi connectivity index (χ3n) is 3.70. The Balaban J connectivity index is 1.83. The minimum Gasteiger partial charge on any atom is -0.454 e. The van der Waals surface area contributed by atoms with Gasteiger partial charge < -0.3 is 14.8 Å². The molecule has 0 saturated heterocycles. The molecule has 2 aromatic carbocycles. The maximum absolute atomic E-state index is 12.2. The molecule has 8 nitrogen and oxygen atoms in total. The van der Waals surface area contributed by atoms with Gasteiger partial charge in [-0.05, 0) is 25.1 Å². The van der Waals surface area contributed by atoms with Crippen LogP contribution in [0.3, 0.4) is 0 Å². The zero-order valence-corrected chi connectivity index (χ0v) is 13.7. The van der Waals surface area contributed by atoms with Gasteiger partial charge in [0.2, 0.25) is 12.7 Å². The van der Waals surface area contributed by atoms with Gasteiger partial charge in [0.1, 0.15) is 0 Å². The van der Waals surface area contributed by atoms with Crippen LogP contribution in [0.15, 0.2) is 42.5 Å². The van der Waals surface area contributed by atoms with E-state index in [0.717, 1.165) is 6.08 Å². The largest absolute Gasteiger partial charge is 0.454 e. The number of carbonyl (C=O) groups excluding carboxylic acids is 2. The molecule has 8 heteroatoms. The number of rotatable bonds is 5. The molecule has 0 bridgehead atoms. The van der Waals surface area contributed by atoms with Crippen LogP contribution in [0.1, 0.15) is 22.8 Å². The summed E-state index contributed by atoms with van der Waals surface area (Å²) in [6.45, 7) is 1.41. The van der Waals surface area contributed by atoms with Crippen LogP contribution >= 0.6 is 0 Å². The first-order valence-electron chi connectivity index (χ1n) is 7.63. The third kappa shape index (κ3) is 3.54. The summed E-state index contributed by atoms with van der Waals surface area (Å²) in [7, 11) is 0. The van der Waals surface area contributed by atoms with Crippen molar-refractivity contribution in [1.29, 1.82) is 0 Å². The van der Waals surface area contributed by atoms with E-state index in [2.05, 4.69) is 5.32 Å². The van der Waals surface area contributed by atoms with Crippen LogP contribution in [-0.2, 0) is 4.79 Å². The number of nitrogens with one attached hydrogen (secondary N) is 1. The van der Waals surface area contributed by atoms with E-state index in [-0.39, 0.29) is 29.5 Å². The van der Waals surface area contributed by atoms with E-state index in [1.807, 2.05) is 0 Å². The van der Waals surface area contributed by atoms with Crippen LogP contribution in [0.5, 0.6) is 11.5 Å². The van der Waals surface area contributed by atoms with Crippen molar-refractivity contribution in [2.24, 2.45) is 0 Å². The lowest BCUT2D eigenvalue weighted by Crippen LogP contribution is -2.11. The maximum Gasteiger partial charge on any atom is 0.276 e. The molecule has 0 spiro atoms. The molecule has 0 fully saturated rings. The highest BCUT2D eigenvalue weighted by atomic mass is 16.7. The summed E-state index contributed by atoms with van der Waals surface area (Å²) in [5.41, 5.74) is 0.745. The van der Waals surface area contributed by atoms with Crippen molar-refractivity contribution < 1.29 is 24.0 Å². The Morgan fingerprint density at radius 3 is 2.58 bits per heavy atom. The SMILES string of the molecule is CC(=O)c1cc2c(cc1NC(=O)/C=C/c1ccccc1[N+](=O)[O-])OCO2. The molecule has 1 aliphatic rings. The minimum absolute atomic E-state index is 0.0433. The molecular formula is C18H14N2O6. The molecule has 0 aliphatic carbocycles. The molecule has 0 atom stereocenters. The van der Waals surface area contributed by atoms with Crippen molar-refractivity contribution in [1.82, 2.24) is 0 Å². The van der Waals surface area contributed by atoms with Gasteiger partial charge in [-0.15, -0.1) is 0 Å². The number of ether oxygens (including phenoxy) is 2. The zero-order chi connectivity index (χ0) is 18.7. The predicted molar refractivity (Wildman–Crippen MR) is 93.3 cm³/mol. The number of nitro benzene ring substituents is 1. The second-order valence-electron chi connectivity index (χ2n) is 5.45. The third-order valence-corrected chi connectivity index (χ3v) is 3.70. The average Bonchev–Trinajstić information content (AvgIpc) is 3.06. The molecule has 0 saturated carbocycles. The van der Waals surface area contributed by atoms with Crippen molar-refractivity contribution >= 4 is 29.1 Å². The molecule has 26 heavy (non-hydrogen) atoms. The molecule has 2 aromatic rings. The van der Waals surface area contributed by atoms with Crippen LogP contribution in [0, 0.1) is 10.1 Å².